The van der Waals surface area contributed by atoms with Gasteiger partial charge in [0.25, 0.3) is 5.91 Å². The SMILES string of the molecule is CCOC(=O)C1=C(OC)C(=O)N(C)C1(OC)c1ccccc1. The van der Waals surface area contributed by atoms with Crippen LogP contribution in [0.3, 0.4) is 0 Å². The van der Waals surface area contributed by atoms with E-state index in [2.05, 4.69) is 0 Å². The van der Waals surface area contributed by atoms with Crippen molar-refractivity contribution in [3.63, 3.8) is 0 Å². The summed E-state index contributed by atoms with van der Waals surface area (Å²) >= 11 is 0. The van der Waals surface area contributed by atoms with Crippen LogP contribution in [0.2, 0.25) is 0 Å². The predicted molar refractivity (Wildman–Crippen MR) is 78.6 cm³/mol. The van der Waals surface area contributed by atoms with E-state index in [-0.39, 0.29) is 17.9 Å². The van der Waals surface area contributed by atoms with Gasteiger partial charge in [0.1, 0.15) is 5.57 Å². The number of carbonyl (C=O) groups excluding carboxylic acids is 2. The number of ether oxygens (including phenoxy) is 3. The van der Waals surface area contributed by atoms with Crippen LogP contribution < -0.4 is 0 Å². The Labute approximate surface area is 129 Å². The summed E-state index contributed by atoms with van der Waals surface area (Å²) in [6, 6.07) is 9.02. The number of amides is 1. The second kappa shape index (κ2) is 6.19. The van der Waals surface area contributed by atoms with Gasteiger partial charge < -0.3 is 19.1 Å². The summed E-state index contributed by atoms with van der Waals surface area (Å²) < 4.78 is 15.9. The third-order valence-electron chi connectivity index (χ3n) is 3.68. The summed E-state index contributed by atoms with van der Waals surface area (Å²) in [6.45, 7) is 1.88. The van der Waals surface area contributed by atoms with Gasteiger partial charge in [-0.3, -0.25) is 4.79 Å². The maximum Gasteiger partial charge on any atom is 0.343 e. The Morgan fingerprint density at radius 1 is 1.23 bits per heavy atom. The lowest BCUT2D eigenvalue weighted by Crippen LogP contribution is -2.46. The molecular formula is C16H19NO5. The summed E-state index contributed by atoms with van der Waals surface area (Å²) in [7, 11) is 4.34. The molecule has 6 nitrogen and oxygen atoms in total. The zero-order chi connectivity index (χ0) is 16.3. The molecule has 0 fully saturated rings. The molecule has 2 rings (SSSR count). The molecule has 0 N–H and O–H groups in total. The molecule has 0 aromatic heterocycles. The minimum atomic E-state index is -1.37. The molecule has 0 saturated carbocycles. The monoisotopic (exact) mass is 305 g/mol. The highest BCUT2D eigenvalue weighted by atomic mass is 16.5. The highest BCUT2D eigenvalue weighted by molar-refractivity contribution is 6.07. The van der Waals surface area contributed by atoms with Gasteiger partial charge >= 0.3 is 5.97 Å². The number of esters is 1. The normalized spacial score (nSPS) is 21.3. The predicted octanol–water partition coefficient (Wildman–Crippen LogP) is 1.42. The Bertz CT molecular complexity index is 610. The molecule has 6 heteroatoms. The van der Waals surface area contributed by atoms with Crippen LogP contribution in [0.5, 0.6) is 0 Å². The van der Waals surface area contributed by atoms with E-state index in [1.54, 1.807) is 26.1 Å². The van der Waals surface area contributed by atoms with Gasteiger partial charge in [-0.1, -0.05) is 30.3 Å². The number of benzene rings is 1. The molecule has 1 atom stereocenters. The molecule has 1 aromatic carbocycles. The van der Waals surface area contributed by atoms with Crippen molar-refractivity contribution in [2.24, 2.45) is 0 Å². The second-order valence-electron chi connectivity index (χ2n) is 4.71. The number of hydrogen-bond acceptors (Lipinski definition) is 5. The third-order valence-corrected chi connectivity index (χ3v) is 3.68. The van der Waals surface area contributed by atoms with E-state index in [0.717, 1.165) is 0 Å². The van der Waals surface area contributed by atoms with Crippen LogP contribution in [0, 0.1) is 0 Å². The minimum Gasteiger partial charge on any atom is -0.491 e. The van der Waals surface area contributed by atoms with E-state index in [0.29, 0.717) is 5.56 Å². The lowest BCUT2D eigenvalue weighted by molar-refractivity contribution is -0.154. The molecule has 0 bridgehead atoms. The van der Waals surface area contributed by atoms with Crippen molar-refractivity contribution >= 4 is 11.9 Å². The number of likely N-dealkylation sites (N-methyl/N-ethyl adjacent to an activating group) is 1. The molecule has 118 valence electrons. The maximum absolute atomic E-state index is 12.5. The first-order chi connectivity index (χ1) is 10.5. The van der Waals surface area contributed by atoms with Crippen molar-refractivity contribution in [2.45, 2.75) is 12.6 Å². The zero-order valence-electron chi connectivity index (χ0n) is 13.1. The Morgan fingerprint density at radius 3 is 2.36 bits per heavy atom. The Morgan fingerprint density at radius 2 is 1.86 bits per heavy atom. The molecule has 0 saturated heterocycles. The van der Waals surface area contributed by atoms with Crippen LogP contribution in [0.1, 0.15) is 12.5 Å². The molecule has 1 heterocycles. The van der Waals surface area contributed by atoms with Crippen molar-refractivity contribution in [1.29, 1.82) is 0 Å². The van der Waals surface area contributed by atoms with E-state index in [9.17, 15) is 9.59 Å². The van der Waals surface area contributed by atoms with Gasteiger partial charge in [0.05, 0.1) is 13.7 Å². The number of carbonyl (C=O) groups is 2. The van der Waals surface area contributed by atoms with Crippen LogP contribution in [0.4, 0.5) is 0 Å². The van der Waals surface area contributed by atoms with Crippen LogP contribution >= 0.6 is 0 Å². The highest BCUT2D eigenvalue weighted by Gasteiger charge is 2.56. The van der Waals surface area contributed by atoms with Crippen LogP contribution in [0.25, 0.3) is 0 Å². The lowest BCUT2D eigenvalue weighted by Gasteiger charge is -2.36. The Balaban J connectivity index is 2.71. The fraction of sp³-hybridized carbons (Fsp3) is 0.375. The van der Waals surface area contributed by atoms with E-state index >= 15 is 0 Å². The average Bonchev–Trinajstić information content (AvgIpc) is 2.77. The topological polar surface area (TPSA) is 65.1 Å². The number of nitrogens with zero attached hydrogens (tertiary/aromatic N) is 1. The van der Waals surface area contributed by atoms with Crippen LogP contribution in [-0.2, 0) is 29.5 Å². The highest BCUT2D eigenvalue weighted by Crippen LogP contribution is 2.44. The lowest BCUT2D eigenvalue weighted by atomic mass is 9.94. The first kappa shape index (κ1) is 16.0. The molecular weight excluding hydrogens is 286 g/mol. The second-order valence-corrected chi connectivity index (χ2v) is 4.71. The first-order valence-corrected chi connectivity index (χ1v) is 6.89. The molecule has 1 amide bonds. The van der Waals surface area contributed by atoms with Crippen LogP contribution in [0.15, 0.2) is 41.7 Å². The van der Waals surface area contributed by atoms with Gasteiger partial charge in [0.15, 0.2) is 5.76 Å². The summed E-state index contributed by atoms with van der Waals surface area (Å²) in [4.78, 5) is 26.2. The average molecular weight is 305 g/mol. The van der Waals surface area contributed by atoms with Gasteiger partial charge in [0, 0.05) is 19.7 Å². The van der Waals surface area contributed by atoms with Crippen molar-refractivity contribution in [2.75, 3.05) is 27.9 Å². The van der Waals surface area contributed by atoms with Gasteiger partial charge in [-0.05, 0) is 6.92 Å². The first-order valence-electron chi connectivity index (χ1n) is 6.89. The third kappa shape index (κ3) is 2.16. The van der Waals surface area contributed by atoms with Crippen LogP contribution in [-0.4, -0.2) is 44.7 Å². The van der Waals surface area contributed by atoms with E-state index < -0.39 is 17.6 Å². The summed E-state index contributed by atoms with van der Waals surface area (Å²) in [6.07, 6.45) is 0. The van der Waals surface area contributed by atoms with E-state index in [1.807, 2.05) is 18.2 Å². The van der Waals surface area contributed by atoms with E-state index in [1.165, 1.54) is 19.1 Å². The summed E-state index contributed by atoms with van der Waals surface area (Å²) in [5.41, 5.74) is -0.669. The molecule has 22 heavy (non-hydrogen) atoms. The fourth-order valence-corrected chi connectivity index (χ4v) is 2.71. The maximum atomic E-state index is 12.5. The minimum absolute atomic E-state index is 0.0538. The standard InChI is InChI=1S/C16H19NO5/c1-5-22-15(19)12-13(20-3)14(18)17(2)16(12,21-4)11-9-7-6-8-10-11/h6-10H,5H2,1-4H3. The van der Waals surface area contributed by atoms with E-state index in [4.69, 9.17) is 14.2 Å². The summed E-state index contributed by atoms with van der Waals surface area (Å²) in [5, 5.41) is 0. The number of hydrogen-bond donors (Lipinski definition) is 0. The van der Waals surface area contributed by atoms with Gasteiger partial charge in [0.2, 0.25) is 5.72 Å². The largest absolute Gasteiger partial charge is 0.491 e. The Kier molecular flexibility index (Phi) is 4.51. The molecule has 1 aliphatic rings. The van der Waals surface area contributed by atoms with Gasteiger partial charge in [-0.15, -0.1) is 0 Å². The van der Waals surface area contributed by atoms with Crippen molar-refractivity contribution in [3.05, 3.63) is 47.2 Å². The molecule has 0 spiro atoms. The number of rotatable bonds is 5. The quantitative estimate of drug-likeness (QED) is 0.770. The van der Waals surface area contributed by atoms with Crippen molar-refractivity contribution in [3.8, 4) is 0 Å². The molecule has 0 radical (unpaired) electrons. The molecule has 0 aliphatic carbocycles. The Hall–Kier alpha value is -2.34. The smallest absolute Gasteiger partial charge is 0.343 e. The molecule has 1 aromatic rings. The van der Waals surface area contributed by atoms with Gasteiger partial charge in [-0.2, -0.15) is 0 Å². The zero-order valence-corrected chi connectivity index (χ0v) is 13.1. The fourth-order valence-electron chi connectivity index (χ4n) is 2.71. The number of methoxy groups -OCH3 is 2. The van der Waals surface area contributed by atoms with Crippen molar-refractivity contribution < 1.29 is 23.8 Å². The molecule has 1 aliphatic heterocycles. The van der Waals surface area contributed by atoms with Gasteiger partial charge in [-0.25, -0.2) is 4.79 Å². The summed E-state index contributed by atoms with van der Waals surface area (Å²) in [5.74, 6) is -1.13. The van der Waals surface area contributed by atoms with Crippen molar-refractivity contribution in [1.82, 2.24) is 4.90 Å². The molecule has 1 unspecified atom stereocenters.